The predicted molar refractivity (Wildman–Crippen MR) is 116 cm³/mol. The Morgan fingerprint density at radius 2 is 1.76 bits per heavy atom. The van der Waals surface area contributed by atoms with Gasteiger partial charge in [-0.3, -0.25) is 0 Å². The maximum atomic E-state index is 11.8. The van der Waals surface area contributed by atoms with E-state index < -0.39 is 0 Å². The van der Waals surface area contributed by atoms with Gasteiger partial charge in [0.25, 0.3) is 0 Å². The number of esters is 1. The fraction of sp³-hybridized carbons (Fsp3) is 0.192. The lowest BCUT2D eigenvalue weighted by Gasteiger charge is -2.38. The maximum absolute atomic E-state index is 11.8. The lowest BCUT2D eigenvalue weighted by Crippen LogP contribution is -2.29. The van der Waals surface area contributed by atoms with E-state index in [1.165, 1.54) is 35.1 Å². The highest BCUT2D eigenvalue weighted by Gasteiger charge is 2.38. The smallest absolute Gasteiger partial charge is 0.337 e. The fourth-order valence-corrected chi connectivity index (χ4v) is 4.75. The molecule has 2 aliphatic rings. The van der Waals surface area contributed by atoms with Gasteiger partial charge in [0.15, 0.2) is 0 Å². The Hall–Kier alpha value is -3.33. The molecule has 3 nitrogen and oxygen atoms in total. The molecular formula is C26H23NO2. The topological polar surface area (TPSA) is 38.3 Å². The van der Waals surface area contributed by atoms with Crippen molar-refractivity contribution in [3.8, 4) is 11.1 Å². The summed E-state index contributed by atoms with van der Waals surface area (Å²) in [7, 11) is 1.41. The Morgan fingerprint density at radius 1 is 0.966 bits per heavy atom. The first-order valence-electron chi connectivity index (χ1n) is 10.1. The summed E-state index contributed by atoms with van der Waals surface area (Å²) < 4.78 is 4.84. The van der Waals surface area contributed by atoms with Gasteiger partial charge in [-0.2, -0.15) is 0 Å². The van der Waals surface area contributed by atoms with Crippen molar-refractivity contribution in [1.29, 1.82) is 0 Å². The van der Waals surface area contributed by atoms with Crippen LogP contribution in [0.2, 0.25) is 0 Å². The summed E-state index contributed by atoms with van der Waals surface area (Å²) in [6, 6.07) is 25.2. The summed E-state index contributed by atoms with van der Waals surface area (Å²) in [5.74, 6) is 0.572. The van der Waals surface area contributed by atoms with Crippen LogP contribution in [0, 0.1) is 5.92 Å². The number of nitrogens with one attached hydrogen (secondary N) is 1. The van der Waals surface area contributed by atoms with Crippen molar-refractivity contribution in [2.24, 2.45) is 5.92 Å². The molecule has 5 rings (SSSR count). The number of fused-ring (bicyclic) bond motifs is 3. The zero-order valence-electron chi connectivity index (χ0n) is 16.3. The number of benzene rings is 3. The largest absolute Gasteiger partial charge is 0.465 e. The van der Waals surface area contributed by atoms with E-state index in [4.69, 9.17) is 4.74 Å². The lowest BCUT2D eigenvalue weighted by atomic mass is 9.76. The van der Waals surface area contributed by atoms with Crippen molar-refractivity contribution in [3.63, 3.8) is 0 Å². The first-order valence-corrected chi connectivity index (χ1v) is 10.1. The maximum Gasteiger partial charge on any atom is 0.337 e. The third kappa shape index (κ3) is 3.03. The van der Waals surface area contributed by atoms with Gasteiger partial charge in [-0.1, -0.05) is 72.8 Å². The molecule has 0 radical (unpaired) electrons. The summed E-state index contributed by atoms with van der Waals surface area (Å²) in [6.45, 7) is 0. The summed E-state index contributed by atoms with van der Waals surface area (Å²) >= 11 is 0. The minimum absolute atomic E-state index is 0.194. The van der Waals surface area contributed by atoms with Gasteiger partial charge in [-0.15, -0.1) is 0 Å². The first kappa shape index (κ1) is 17.7. The van der Waals surface area contributed by atoms with Gasteiger partial charge in [-0.05, 0) is 41.2 Å². The highest BCUT2D eigenvalue weighted by Crippen LogP contribution is 2.52. The van der Waals surface area contributed by atoms with Crippen LogP contribution in [0.5, 0.6) is 0 Å². The Bertz CT molecular complexity index is 1070. The van der Waals surface area contributed by atoms with E-state index in [2.05, 4.69) is 72.1 Å². The minimum Gasteiger partial charge on any atom is -0.465 e. The molecule has 1 N–H and O–H groups in total. The van der Waals surface area contributed by atoms with Crippen LogP contribution in [-0.2, 0) is 4.74 Å². The van der Waals surface area contributed by atoms with E-state index in [0.717, 1.165) is 6.42 Å². The first-order chi connectivity index (χ1) is 14.3. The van der Waals surface area contributed by atoms with Crippen LogP contribution in [0.15, 0.2) is 84.9 Å². The Kier molecular flexibility index (Phi) is 4.44. The molecule has 0 fully saturated rings. The number of hydrogen-bond donors (Lipinski definition) is 1. The van der Waals surface area contributed by atoms with Crippen LogP contribution in [-0.4, -0.2) is 13.1 Å². The molecule has 144 valence electrons. The van der Waals surface area contributed by atoms with Crippen molar-refractivity contribution < 1.29 is 9.53 Å². The molecule has 0 saturated heterocycles. The Labute approximate surface area is 171 Å². The molecule has 3 aromatic rings. The lowest BCUT2D eigenvalue weighted by molar-refractivity contribution is 0.0600. The molecule has 3 heteroatoms. The summed E-state index contributed by atoms with van der Waals surface area (Å²) in [5, 5.41) is 3.86. The molecule has 1 aliphatic carbocycles. The van der Waals surface area contributed by atoms with Crippen LogP contribution in [0.1, 0.15) is 39.9 Å². The summed E-state index contributed by atoms with van der Waals surface area (Å²) in [4.78, 5) is 11.8. The van der Waals surface area contributed by atoms with Crippen molar-refractivity contribution in [1.82, 2.24) is 0 Å². The molecule has 0 unspecified atom stereocenters. The second-order valence-corrected chi connectivity index (χ2v) is 7.72. The molecule has 0 spiro atoms. The van der Waals surface area contributed by atoms with Crippen molar-refractivity contribution >= 4 is 11.7 Å². The monoisotopic (exact) mass is 381 g/mol. The molecule has 3 atom stereocenters. The third-order valence-corrected chi connectivity index (χ3v) is 6.17. The van der Waals surface area contributed by atoms with Gasteiger partial charge in [-0.25, -0.2) is 4.79 Å². The number of anilines is 1. The van der Waals surface area contributed by atoms with E-state index in [0.29, 0.717) is 17.4 Å². The van der Waals surface area contributed by atoms with Gasteiger partial charge in [0.2, 0.25) is 0 Å². The molecule has 0 saturated carbocycles. The van der Waals surface area contributed by atoms with Crippen molar-refractivity contribution in [3.05, 3.63) is 102 Å². The van der Waals surface area contributed by atoms with Gasteiger partial charge in [0.05, 0.1) is 18.7 Å². The zero-order valence-corrected chi connectivity index (χ0v) is 16.3. The molecule has 0 amide bonds. The highest BCUT2D eigenvalue weighted by molar-refractivity contribution is 5.89. The summed E-state index contributed by atoms with van der Waals surface area (Å²) in [6.07, 6.45) is 5.71. The molecule has 0 bridgehead atoms. The standard InChI is InChI=1S/C26H23NO2/c1-29-26(28)19-15-13-18(14-16-19)24-22-11-6-10-21(22)23-12-5-9-20(25(23)27-24)17-7-3-2-4-8-17/h2-10,12-16,21-22,24,27H,11H2,1H3/t21-,22+,24+/m1/s1. The Balaban J connectivity index is 1.57. The summed E-state index contributed by atoms with van der Waals surface area (Å²) in [5.41, 5.74) is 6.82. The number of ether oxygens (including phenoxy) is 1. The van der Waals surface area contributed by atoms with Gasteiger partial charge in [0.1, 0.15) is 0 Å². The van der Waals surface area contributed by atoms with Crippen LogP contribution < -0.4 is 5.32 Å². The number of allylic oxidation sites excluding steroid dienone is 2. The number of rotatable bonds is 3. The quantitative estimate of drug-likeness (QED) is 0.449. The average Bonchev–Trinajstić information content (AvgIpc) is 3.28. The molecule has 29 heavy (non-hydrogen) atoms. The number of methoxy groups -OCH3 is 1. The van der Waals surface area contributed by atoms with Crippen LogP contribution in [0.25, 0.3) is 11.1 Å². The normalized spacial score (nSPS) is 21.8. The van der Waals surface area contributed by atoms with E-state index in [1.54, 1.807) is 0 Å². The van der Waals surface area contributed by atoms with Gasteiger partial charge in [0, 0.05) is 17.2 Å². The van der Waals surface area contributed by atoms with E-state index >= 15 is 0 Å². The number of para-hydroxylation sites is 1. The van der Waals surface area contributed by atoms with Gasteiger partial charge >= 0.3 is 5.97 Å². The van der Waals surface area contributed by atoms with Crippen LogP contribution in [0.3, 0.4) is 0 Å². The van der Waals surface area contributed by atoms with Crippen molar-refractivity contribution in [2.45, 2.75) is 18.4 Å². The average molecular weight is 381 g/mol. The minimum atomic E-state index is -0.301. The number of carbonyl (C=O) groups is 1. The molecule has 3 aromatic carbocycles. The van der Waals surface area contributed by atoms with Crippen molar-refractivity contribution in [2.75, 3.05) is 12.4 Å². The van der Waals surface area contributed by atoms with Gasteiger partial charge < -0.3 is 10.1 Å². The highest BCUT2D eigenvalue weighted by atomic mass is 16.5. The second-order valence-electron chi connectivity index (χ2n) is 7.72. The fourth-order valence-electron chi connectivity index (χ4n) is 4.75. The SMILES string of the molecule is COC(=O)c1ccc([C@@H]2Nc3c(-c4ccccc4)cccc3[C@@H]3C=CC[C@@H]32)cc1. The van der Waals surface area contributed by atoms with Crippen LogP contribution >= 0.6 is 0 Å². The van der Waals surface area contributed by atoms with E-state index in [9.17, 15) is 4.79 Å². The molecular weight excluding hydrogens is 358 g/mol. The number of carbonyl (C=O) groups excluding carboxylic acids is 1. The molecule has 1 heterocycles. The van der Waals surface area contributed by atoms with E-state index in [-0.39, 0.29) is 12.0 Å². The zero-order chi connectivity index (χ0) is 19.8. The predicted octanol–water partition coefficient (Wildman–Crippen LogP) is 5.97. The second kappa shape index (κ2) is 7.25. The molecule has 0 aromatic heterocycles. The van der Waals surface area contributed by atoms with E-state index in [1.807, 2.05) is 18.2 Å². The number of hydrogen-bond acceptors (Lipinski definition) is 3. The van der Waals surface area contributed by atoms with Crippen LogP contribution in [0.4, 0.5) is 5.69 Å². The Morgan fingerprint density at radius 3 is 2.52 bits per heavy atom. The third-order valence-electron chi connectivity index (χ3n) is 6.17. The molecule has 1 aliphatic heterocycles.